The number of nitrogens with one attached hydrogen (secondary N) is 1. The van der Waals surface area contributed by atoms with Crippen LogP contribution in [0.3, 0.4) is 0 Å². The number of carbonyl (C=O) groups excluding carboxylic acids is 2. The quantitative estimate of drug-likeness (QED) is 0.738. The van der Waals surface area contributed by atoms with Crippen LogP contribution in [0, 0.1) is 0 Å². The van der Waals surface area contributed by atoms with Crippen LogP contribution in [0.2, 0.25) is 0 Å². The molecule has 1 fully saturated rings. The molecule has 27 heavy (non-hydrogen) atoms. The fraction of sp³-hybridized carbons (Fsp3) is 0.333. The molecular formula is C21H25N3O3. The van der Waals surface area contributed by atoms with E-state index in [1.54, 1.807) is 4.90 Å². The van der Waals surface area contributed by atoms with Crippen molar-refractivity contribution in [1.82, 2.24) is 10.2 Å². The highest BCUT2D eigenvalue weighted by Gasteiger charge is 2.31. The Kier molecular flexibility index (Phi) is 6.44. The van der Waals surface area contributed by atoms with Crippen molar-refractivity contribution in [2.24, 2.45) is 5.73 Å². The lowest BCUT2D eigenvalue weighted by Crippen LogP contribution is -2.47. The van der Waals surface area contributed by atoms with E-state index >= 15 is 0 Å². The van der Waals surface area contributed by atoms with Gasteiger partial charge in [0.05, 0.1) is 18.6 Å². The molecule has 2 amide bonds. The molecule has 0 spiro atoms. The number of para-hydroxylation sites is 1. The first kappa shape index (κ1) is 18.9. The molecule has 2 atom stereocenters. The third kappa shape index (κ3) is 5.56. The van der Waals surface area contributed by atoms with Crippen molar-refractivity contribution in [2.45, 2.75) is 24.9 Å². The Bertz CT molecular complexity index is 752. The molecule has 1 saturated heterocycles. The highest BCUT2D eigenvalue weighted by Crippen LogP contribution is 2.13. The average molecular weight is 367 g/mol. The number of hydrogen-bond acceptors (Lipinski definition) is 4. The molecule has 0 saturated carbocycles. The van der Waals surface area contributed by atoms with Crippen LogP contribution < -0.4 is 15.8 Å². The van der Waals surface area contributed by atoms with Gasteiger partial charge in [-0.2, -0.15) is 0 Å². The molecule has 0 aliphatic carbocycles. The van der Waals surface area contributed by atoms with Gasteiger partial charge in [-0.1, -0.05) is 48.5 Å². The van der Waals surface area contributed by atoms with Gasteiger partial charge in [0.15, 0.2) is 0 Å². The number of rotatable bonds is 8. The second-order valence-electron chi connectivity index (χ2n) is 6.71. The van der Waals surface area contributed by atoms with Crippen LogP contribution in [-0.4, -0.2) is 48.5 Å². The van der Waals surface area contributed by atoms with Crippen LogP contribution in [-0.2, 0) is 16.0 Å². The van der Waals surface area contributed by atoms with Crippen LogP contribution in [0.25, 0.3) is 0 Å². The minimum absolute atomic E-state index is 0.0218. The molecule has 1 aliphatic rings. The summed E-state index contributed by atoms with van der Waals surface area (Å²) in [5, 5.41) is 2.90. The lowest BCUT2D eigenvalue weighted by atomic mass is 10.1. The molecular weight excluding hydrogens is 342 g/mol. The third-order valence-corrected chi connectivity index (χ3v) is 4.57. The molecule has 0 bridgehead atoms. The number of nitrogens with two attached hydrogens (primary N) is 1. The van der Waals surface area contributed by atoms with Crippen molar-refractivity contribution in [3.8, 4) is 5.75 Å². The number of ether oxygens (including phenoxy) is 1. The first-order chi connectivity index (χ1) is 13.1. The standard InChI is InChI=1S/C21H25N3O3/c22-19(13-16-7-3-1-4-8-16)21(26)23-17-14-20(25)24(15-17)11-12-27-18-9-5-2-6-10-18/h1-10,17,19H,11-15,22H2,(H,23,26)/t17?,19-/m0/s1. The predicted octanol–water partition coefficient (Wildman–Crippen LogP) is 1.35. The molecule has 0 aromatic heterocycles. The van der Waals surface area contributed by atoms with E-state index in [2.05, 4.69) is 5.32 Å². The zero-order valence-corrected chi connectivity index (χ0v) is 15.2. The Labute approximate surface area is 159 Å². The van der Waals surface area contributed by atoms with E-state index in [-0.39, 0.29) is 17.9 Å². The number of benzene rings is 2. The summed E-state index contributed by atoms with van der Waals surface area (Å²) in [5.41, 5.74) is 7.03. The van der Waals surface area contributed by atoms with E-state index in [1.807, 2.05) is 60.7 Å². The van der Waals surface area contributed by atoms with Gasteiger partial charge >= 0.3 is 0 Å². The van der Waals surface area contributed by atoms with Crippen molar-refractivity contribution >= 4 is 11.8 Å². The molecule has 6 nitrogen and oxygen atoms in total. The predicted molar refractivity (Wildman–Crippen MR) is 103 cm³/mol. The number of hydrogen-bond donors (Lipinski definition) is 2. The fourth-order valence-electron chi connectivity index (χ4n) is 3.14. The molecule has 142 valence electrons. The third-order valence-electron chi connectivity index (χ3n) is 4.57. The van der Waals surface area contributed by atoms with Gasteiger partial charge in [0, 0.05) is 13.0 Å². The Morgan fingerprint density at radius 3 is 2.52 bits per heavy atom. The average Bonchev–Trinajstić information content (AvgIpc) is 3.02. The normalized spacial score (nSPS) is 17.6. The van der Waals surface area contributed by atoms with Gasteiger partial charge in [-0.3, -0.25) is 9.59 Å². The zero-order valence-electron chi connectivity index (χ0n) is 15.2. The Morgan fingerprint density at radius 1 is 1.15 bits per heavy atom. The summed E-state index contributed by atoms with van der Waals surface area (Å²) in [5.74, 6) is 0.577. The van der Waals surface area contributed by atoms with Gasteiger partial charge in [-0.25, -0.2) is 0 Å². The van der Waals surface area contributed by atoms with Crippen LogP contribution in [0.1, 0.15) is 12.0 Å². The van der Waals surface area contributed by atoms with Gasteiger partial charge in [0.2, 0.25) is 11.8 Å². The van der Waals surface area contributed by atoms with Crippen LogP contribution in [0.5, 0.6) is 5.75 Å². The number of amides is 2. The van der Waals surface area contributed by atoms with Crippen molar-refractivity contribution in [2.75, 3.05) is 19.7 Å². The van der Waals surface area contributed by atoms with E-state index in [1.165, 1.54) is 0 Å². The summed E-state index contributed by atoms with van der Waals surface area (Å²) in [6, 6.07) is 18.3. The van der Waals surface area contributed by atoms with Crippen LogP contribution in [0.4, 0.5) is 0 Å². The minimum Gasteiger partial charge on any atom is -0.492 e. The summed E-state index contributed by atoms with van der Waals surface area (Å²) >= 11 is 0. The SMILES string of the molecule is N[C@@H](Cc1ccccc1)C(=O)NC1CC(=O)N(CCOc2ccccc2)C1. The van der Waals surface area contributed by atoms with Crippen molar-refractivity contribution in [3.63, 3.8) is 0 Å². The lowest BCUT2D eigenvalue weighted by Gasteiger charge is -2.19. The molecule has 2 aromatic rings. The van der Waals surface area contributed by atoms with Gasteiger partial charge in [0.1, 0.15) is 12.4 Å². The van der Waals surface area contributed by atoms with E-state index in [0.29, 0.717) is 32.5 Å². The molecule has 3 N–H and O–H groups in total. The van der Waals surface area contributed by atoms with Crippen LogP contribution in [0.15, 0.2) is 60.7 Å². The van der Waals surface area contributed by atoms with Crippen molar-refractivity contribution < 1.29 is 14.3 Å². The van der Waals surface area contributed by atoms with Crippen molar-refractivity contribution in [3.05, 3.63) is 66.2 Å². The summed E-state index contributed by atoms with van der Waals surface area (Å²) in [7, 11) is 0. The zero-order chi connectivity index (χ0) is 19.1. The maximum absolute atomic E-state index is 12.3. The smallest absolute Gasteiger partial charge is 0.237 e. The van der Waals surface area contributed by atoms with Crippen molar-refractivity contribution in [1.29, 1.82) is 0 Å². The van der Waals surface area contributed by atoms with Gasteiger partial charge < -0.3 is 20.7 Å². The van der Waals surface area contributed by atoms with Gasteiger partial charge in [-0.15, -0.1) is 0 Å². The second kappa shape index (κ2) is 9.19. The number of nitrogens with zero attached hydrogens (tertiary/aromatic N) is 1. The summed E-state index contributed by atoms with van der Waals surface area (Å²) in [6.07, 6.45) is 0.775. The minimum atomic E-state index is -0.627. The monoisotopic (exact) mass is 367 g/mol. The number of carbonyl (C=O) groups is 2. The topological polar surface area (TPSA) is 84.7 Å². The summed E-state index contributed by atoms with van der Waals surface area (Å²) in [6.45, 7) is 1.40. The van der Waals surface area contributed by atoms with Gasteiger partial charge in [-0.05, 0) is 24.1 Å². The van der Waals surface area contributed by atoms with Gasteiger partial charge in [0.25, 0.3) is 0 Å². The van der Waals surface area contributed by atoms with E-state index in [9.17, 15) is 9.59 Å². The second-order valence-corrected chi connectivity index (χ2v) is 6.71. The first-order valence-corrected chi connectivity index (χ1v) is 9.17. The molecule has 6 heteroatoms. The largest absolute Gasteiger partial charge is 0.492 e. The summed E-state index contributed by atoms with van der Waals surface area (Å²) in [4.78, 5) is 26.2. The Hall–Kier alpha value is -2.86. The molecule has 3 rings (SSSR count). The molecule has 1 unspecified atom stereocenters. The Morgan fingerprint density at radius 2 is 1.81 bits per heavy atom. The Balaban J connectivity index is 1.42. The maximum atomic E-state index is 12.3. The lowest BCUT2D eigenvalue weighted by molar-refractivity contribution is -0.128. The van der Waals surface area contributed by atoms with E-state index in [0.717, 1.165) is 11.3 Å². The highest BCUT2D eigenvalue weighted by atomic mass is 16.5. The maximum Gasteiger partial charge on any atom is 0.237 e. The van der Waals surface area contributed by atoms with E-state index < -0.39 is 6.04 Å². The molecule has 1 heterocycles. The highest BCUT2D eigenvalue weighted by molar-refractivity contribution is 5.85. The molecule has 0 radical (unpaired) electrons. The van der Waals surface area contributed by atoms with E-state index in [4.69, 9.17) is 10.5 Å². The molecule has 1 aliphatic heterocycles. The van der Waals surface area contributed by atoms with Crippen LogP contribution >= 0.6 is 0 Å². The summed E-state index contributed by atoms with van der Waals surface area (Å²) < 4.78 is 5.64. The molecule has 2 aromatic carbocycles. The first-order valence-electron chi connectivity index (χ1n) is 9.17. The number of likely N-dealkylation sites (tertiary alicyclic amines) is 1. The fourth-order valence-corrected chi connectivity index (χ4v) is 3.14.